The van der Waals surface area contributed by atoms with E-state index in [0.717, 1.165) is 12.5 Å². The van der Waals surface area contributed by atoms with Crippen LogP contribution in [0.25, 0.3) is 0 Å². The fourth-order valence-electron chi connectivity index (χ4n) is 1.96. The van der Waals surface area contributed by atoms with Gasteiger partial charge in [0.25, 0.3) is 5.91 Å². The summed E-state index contributed by atoms with van der Waals surface area (Å²) in [6.07, 6.45) is 0.735. The van der Waals surface area contributed by atoms with Crippen molar-refractivity contribution in [2.45, 2.75) is 12.5 Å². The van der Waals surface area contributed by atoms with Crippen LogP contribution < -0.4 is 0 Å². The summed E-state index contributed by atoms with van der Waals surface area (Å²) in [6, 6.07) is 1.99. The zero-order chi connectivity index (χ0) is 13.3. The van der Waals surface area contributed by atoms with E-state index in [1.165, 1.54) is 11.0 Å². The van der Waals surface area contributed by atoms with Gasteiger partial charge in [-0.25, -0.2) is 8.78 Å². The Hall–Kier alpha value is -0.760. The number of carbonyl (C=O) groups excluding carboxylic acids is 1. The van der Waals surface area contributed by atoms with Crippen LogP contribution in [0.5, 0.6) is 0 Å². The van der Waals surface area contributed by atoms with E-state index in [9.17, 15) is 13.6 Å². The fourth-order valence-corrected chi connectivity index (χ4v) is 2.43. The molecule has 1 saturated heterocycles. The van der Waals surface area contributed by atoms with Gasteiger partial charge in [-0.3, -0.25) is 4.79 Å². The highest BCUT2D eigenvalue weighted by molar-refractivity contribution is 14.1. The molecule has 3 nitrogen and oxygen atoms in total. The second-order valence-electron chi connectivity index (χ2n) is 4.14. The first-order chi connectivity index (χ1) is 8.52. The molecule has 1 aromatic rings. The number of methoxy groups -OCH3 is 1. The average Bonchev–Trinajstić information content (AvgIpc) is 2.81. The molecule has 0 bridgehead atoms. The van der Waals surface area contributed by atoms with Gasteiger partial charge < -0.3 is 9.64 Å². The predicted molar refractivity (Wildman–Crippen MR) is 70.4 cm³/mol. The van der Waals surface area contributed by atoms with Crippen molar-refractivity contribution in [2.75, 3.05) is 20.2 Å². The minimum absolute atomic E-state index is 0.00321. The Balaban J connectivity index is 2.22. The van der Waals surface area contributed by atoms with Crippen molar-refractivity contribution >= 4 is 28.5 Å². The first kappa shape index (κ1) is 13.7. The molecule has 0 N–H and O–H groups in total. The zero-order valence-electron chi connectivity index (χ0n) is 9.75. The van der Waals surface area contributed by atoms with Crippen molar-refractivity contribution in [3.05, 3.63) is 32.9 Å². The van der Waals surface area contributed by atoms with Gasteiger partial charge in [-0.05, 0) is 35.1 Å². The summed E-state index contributed by atoms with van der Waals surface area (Å²) in [6.45, 7) is 0.980. The highest BCUT2D eigenvalue weighted by atomic mass is 127. The highest BCUT2D eigenvalue weighted by Crippen LogP contribution is 2.21. The number of benzene rings is 1. The number of halogens is 3. The molecule has 18 heavy (non-hydrogen) atoms. The number of carbonyl (C=O) groups is 1. The fraction of sp³-hybridized carbons (Fsp3) is 0.417. The van der Waals surface area contributed by atoms with Gasteiger partial charge in [0.1, 0.15) is 11.6 Å². The van der Waals surface area contributed by atoms with Crippen LogP contribution in [-0.2, 0) is 4.74 Å². The van der Waals surface area contributed by atoms with Crippen LogP contribution in [0, 0.1) is 15.2 Å². The van der Waals surface area contributed by atoms with Gasteiger partial charge in [0.05, 0.1) is 11.7 Å². The van der Waals surface area contributed by atoms with Crippen LogP contribution in [0.3, 0.4) is 0 Å². The molecule has 1 amide bonds. The van der Waals surface area contributed by atoms with Crippen molar-refractivity contribution in [2.24, 2.45) is 0 Å². The topological polar surface area (TPSA) is 29.5 Å². The first-order valence-corrected chi connectivity index (χ1v) is 6.57. The molecule has 1 heterocycles. The molecular weight excluding hydrogens is 355 g/mol. The SMILES string of the molecule is CO[C@@H]1CCN(C(=O)c2cc(I)c(F)cc2F)C1. The Bertz CT molecular complexity index is 481. The van der Waals surface area contributed by atoms with Gasteiger partial charge >= 0.3 is 0 Å². The third-order valence-corrected chi connectivity index (χ3v) is 3.83. The summed E-state index contributed by atoms with van der Waals surface area (Å²) in [4.78, 5) is 13.6. The molecule has 1 aliphatic heterocycles. The van der Waals surface area contributed by atoms with Crippen LogP contribution in [-0.4, -0.2) is 37.1 Å². The maximum absolute atomic E-state index is 13.6. The average molecular weight is 367 g/mol. The van der Waals surface area contributed by atoms with E-state index in [4.69, 9.17) is 4.74 Å². The largest absolute Gasteiger partial charge is 0.380 e. The van der Waals surface area contributed by atoms with E-state index in [-0.39, 0.29) is 15.2 Å². The number of likely N-dealkylation sites (tertiary alicyclic amines) is 1. The molecule has 2 rings (SSSR count). The second-order valence-corrected chi connectivity index (χ2v) is 5.31. The summed E-state index contributed by atoms with van der Waals surface area (Å²) in [7, 11) is 1.58. The number of ether oxygens (including phenoxy) is 1. The number of rotatable bonds is 2. The van der Waals surface area contributed by atoms with Gasteiger partial charge in [0, 0.05) is 29.8 Å². The monoisotopic (exact) mass is 367 g/mol. The minimum Gasteiger partial charge on any atom is -0.380 e. The van der Waals surface area contributed by atoms with Crippen molar-refractivity contribution in [1.29, 1.82) is 0 Å². The third-order valence-electron chi connectivity index (χ3n) is 3.01. The van der Waals surface area contributed by atoms with Crippen molar-refractivity contribution < 1.29 is 18.3 Å². The lowest BCUT2D eigenvalue weighted by Gasteiger charge is -2.16. The maximum atomic E-state index is 13.6. The Morgan fingerprint density at radius 2 is 2.17 bits per heavy atom. The standard InChI is InChI=1S/C12H12F2INO2/c1-18-7-2-3-16(6-7)12(17)8-4-11(15)10(14)5-9(8)13/h4-5,7H,2-3,6H2,1H3/t7-/m1/s1. The van der Waals surface area contributed by atoms with Gasteiger partial charge in [0.2, 0.25) is 0 Å². The molecule has 0 aliphatic carbocycles. The molecule has 1 fully saturated rings. The molecule has 1 atom stereocenters. The molecule has 0 radical (unpaired) electrons. The Kier molecular flexibility index (Phi) is 4.16. The van der Waals surface area contributed by atoms with Crippen LogP contribution >= 0.6 is 22.6 Å². The number of hydrogen-bond donors (Lipinski definition) is 0. The normalized spacial score (nSPS) is 19.3. The summed E-state index contributed by atoms with van der Waals surface area (Å²) >= 11 is 1.74. The van der Waals surface area contributed by atoms with Crippen LogP contribution in [0.2, 0.25) is 0 Å². The van der Waals surface area contributed by atoms with Gasteiger partial charge in [-0.2, -0.15) is 0 Å². The quantitative estimate of drug-likeness (QED) is 0.594. The number of hydrogen-bond acceptors (Lipinski definition) is 2. The molecule has 98 valence electrons. The molecule has 0 aromatic heterocycles. The van der Waals surface area contributed by atoms with Crippen molar-refractivity contribution in [3.8, 4) is 0 Å². The summed E-state index contributed by atoms with van der Waals surface area (Å²) < 4.78 is 32.1. The summed E-state index contributed by atoms with van der Waals surface area (Å²) in [5.74, 6) is -1.88. The predicted octanol–water partition coefficient (Wildman–Crippen LogP) is 2.43. The number of amides is 1. The summed E-state index contributed by atoms with van der Waals surface area (Å²) in [5, 5.41) is 0. The van der Waals surface area contributed by atoms with E-state index in [1.54, 1.807) is 29.7 Å². The molecule has 0 saturated carbocycles. The highest BCUT2D eigenvalue weighted by Gasteiger charge is 2.28. The maximum Gasteiger partial charge on any atom is 0.256 e. The zero-order valence-corrected chi connectivity index (χ0v) is 11.9. The van der Waals surface area contributed by atoms with E-state index in [0.29, 0.717) is 13.1 Å². The van der Waals surface area contributed by atoms with Gasteiger partial charge in [-0.15, -0.1) is 0 Å². The Labute approximate surface area is 117 Å². The van der Waals surface area contributed by atoms with E-state index >= 15 is 0 Å². The molecule has 0 unspecified atom stereocenters. The molecular formula is C12H12F2INO2. The van der Waals surface area contributed by atoms with E-state index in [1.807, 2.05) is 0 Å². The van der Waals surface area contributed by atoms with Crippen LogP contribution in [0.1, 0.15) is 16.8 Å². The lowest BCUT2D eigenvalue weighted by molar-refractivity contribution is 0.0720. The summed E-state index contributed by atoms with van der Waals surface area (Å²) in [5.41, 5.74) is -0.0856. The van der Waals surface area contributed by atoms with Crippen LogP contribution in [0.4, 0.5) is 8.78 Å². The second kappa shape index (κ2) is 5.48. The lowest BCUT2D eigenvalue weighted by atomic mass is 10.2. The van der Waals surface area contributed by atoms with Crippen molar-refractivity contribution in [3.63, 3.8) is 0 Å². The van der Waals surface area contributed by atoms with Gasteiger partial charge in [0.15, 0.2) is 0 Å². The lowest BCUT2D eigenvalue weighted by Crippen LogP contribution is -2.30. The Morgan fingerprint density at radius 3 is 2.78 bits per heavy atom. The number of nitrogens with zero attached hydrogens (tertiary/aromatic N) is 1. The van der Waals surface area contributed by atoms with Crippen molar-refractivity contribution in [1.82, 2.24) is 4.90 Å². The van der Waals surface area contributed by atoms with E-state index < -0.39 is 17.5 Å². The smallest absolute Gasteiger partial charge is 0.256 e. The van der Waals surface area contributed by atoms with E-state index in [2.05, 4.69) is 0 Å². The molecule has 6 heteroatoms. The molecule has 1 aromatic carbocycles. The molecule has 0 spiro atoms. The first-order valence-electron chi connectivity index (χ1n) is 5.49. The minimum atomic E-state index is -0.821. The third kappa shape index (κ3) is 2.64. The van der Waals surface area contributed by atoms with Crippen LogP contribution in [0.15, 0.2) is 12.1 Å². The van der Waals surface area contributed by atoms with Gasteiger partial charge in [-0.1, -0.05) is 0 Å². The Morgan fingerprint density at radius 1 is 1.44 bits per heavy atom. The molecule has 1 aliphatic rings.